The van der Waals surface area contributed by atoms with Crippen LogP contribution in [0.25, 0.3) is 10.9 Å². The summed E-state index contributed by atoms with van der Waals surface area (Å²) in [5.74, 6) is -3.87. The van der Waals surface area contributed by atoms with Crippen LogP contribution < -0.4 is 4.90 Å². The average Bonchev–Trinajstić information content (AvgIpc) is 3.36. The number of carboxylic acid groups (broad SMARTS) is 1. The molecule has 1 aliphatic carbocycles. The number of aromatic nitrogens is 2. The topological polar surface area (TPSA) is 95.7 Å². The number of fused-ring (bicyclic) bond motifs is 2. The number of hydrogen-bond donors (Lipinski definition) is 1. The van der Waals surface area contributed by atoms with E-state index in [1.807, 2.05) is 0 Å². The van der Waals surface area contributed by atoms with Gasteiger partial charge >= 0.3 is 18.2 Å². The Labute approximate surface area is 191 Å². The normalized spacial score (nSPS) is 20.8. The Morgan fingerprint density at radius 3 is 2.65 bits per heavy atom. The van der Waals surface area contributed by atoms with E-state index in [4.69, 9.17) is 0 Å². The molecule has 2 atom stereocenters. The number of anilines is 1. The second-order valence-electron chi connectivity index (χ2n) is 8.43. The maximum absolute atomic E-state index is 13.5. The van der Waals surface area contributed by atoms with Gasteiger partial charge in [-0.15, -0.1) is 0 Å². The number of amides is 3. The molecule has 1 fully saturated rings. The fourth-order valence-corrected chi connectivity index (χ4v) is 4.90. The number of carbonyl (C=O) groups is 3. The number of imide groups is 1. The molecule has 1 N–H and O–H groups in total. The summed E-state index contributed by atoms with van der Waals surface area (Å²) in [5, 5.41) is 14.6. The van der Waals surface area contributed by atoms with Crippen LogP contribution in [0.5, 0.6) is 0 Å². The summed E-state index contributed by atoms with van der Waals surface area (Å²) in [6.07, 6.45) is -2.88. The predicted molar refractivity (Wildman–Crippen MR) is 114 cm³/mol. The minimum absolute atomic E-state index is 0.0200. The number of nitrogens with zero attached hydrogens (tertiary/aromatic N) is 4. The monoisotopic (exact) mass is 472 g/mol. The number of carboxylic acids is 1. The first-order valence-corrected chi connectivity index (χ1v) is 10.6. The molecule has 0 saturated carbocycles. The standard InChI is InChI=1S/C23H19F3N4O4/c1-28-18-7-5-13(9-12(18)10-27-28)29-11-16(21(32)33)20(31)30(22(29)34)19-8-6-14-15(19)3-2-4-17(14)23(24,25)26/h2-5,7,9-10,16,19H,6,8,11H2,1H3,(H,32,33)/t16?,19-/m1/s1. The number of hydrogen-bond acceptors (Lipinski definition) is 4. The fourth-order valence-electron chi connectivity index (χ4n) is 4.90. The Kier molecular flexibility index (Phi) is 4.88. The summed E-state index contributed by atoms with van der Waals surface area (Å²) in [6.45, 7) is -0.378. The highest BCUT2D eigenvalue weighted by Gasteiger charge is 2.49. The van der Waals surface area contributed by atoms with Gasteiger partial charge in [0.1, 0.15) is 0 Å². The quantitative estimate of drug-likeness (QED) is 0.586. The molecule has 11 heteroatoms. The maximum Gasteiger partial charge on any atom is 0.416 e. The van der Waals surface area contributed by atoms with Crippen LogP contribution in [0.2, 0.25) is 0 Å². The minimum Gasteiger partial charge on any atom is -0.481 e. The van der Waals surface area contributed by atoms with Crippen LogP contribution in [-0.4, -0.2) is 44.2 Å². The molecule has 2 aromatic carbocycles. The highest BCUT2D eigenvalue weighted by Crippen LogP contribution is 2.44. The molecule has 2 heterocycles. The summed E-state index contributed by atoms with van der Waals surface area (Å²) in [5.41, 5.74) is 0.599. The van der Waals surface area contributed by atoms with Crippen molar-refractivity contribution in [1.29, 1.82) is 0 Å². The van der Waals surface area contributed by atoms with Crippen LogP contribution in [-0.2, 0) is 29.2 Å². The lowest BCUT2D eigenvalue weighted by molar-refractivity contribution is -0.151. The lowest BCUT2D eigenvalue weighted by Crippen LogP contribution is -2.59. The highest BCUT2D eigenvalue weighted by molar-refractivity contribution is 6.13. The van der Waals surface area contributed by atoms with Crippen LogP contribution in [0, 0.1) is 5.92 Å². The fraction of sp³-hybridized carbons (Fsp3) is 0.304. The smallest absolute Gasteiger partial charge is 0.416 e. The van der Waals surface area contributed by atoms with E-state index in [9.17, 15) is 32.7 Å². The Hall–Kier alpha value is -3.89. The van der Waals surface area contributed by atoms with Gasteiger partial charge in [0.25, 0.3) is 0 Å². The third kappa shape index (κ3) is 3.30. The molecule has 8 nitrogen and oxygen atoms in total. The summed E-state index contributed by atoms with van der Waals surface area (Å²) < 4.78 is 42.2. The van der Waals surface area contributed by atoms with E-state index in [-0.39, 0.29) is 30.5 Å². The van der Waals surface area contributed by atoms with Crippen molar-refractivity contribution in [2.24, 2.45) is 13.0 Å². The van der Waals surface area contributed by atoms with Gasteiger partial charge in [-0.3, -0.25) is 24.1 Å². The molecule has 1 saturated heterocycles. The van der Waals surface area contributed by atoms with Crippen LogP contribution in [0.4, 0.5) is 23.7 Å². The van der Waals surface area contributed by atoms with Crippen molar-refractivity contribution in [3.05, 3.63) is 59.3 Å². The van der Waals surface area contributed by atoms with Crippen molar-refractivity contribution in [3.8, 4) is 0 Å². The summed E-state index contributed by atoms with van der Waals surface area (Å²) in [7, 11) is 1.75. The number of aliphatic carboxylic acids is 1. The number of urea groups is 1. The first-order chi connectivity index (χ1) is 16.1. The molecule has 1 unspecified atom stereocenters. The number of halogens is 3. The first-order valence-electron chi connectivity index (χ1n) is 10.6. The first kappa shape index (κ1) is 21.9. The average molecular weight is 472 g/mol. The van der Waals surface area contributed by atoms with Crippen LogP contribution in [0.3, 0.4) is 0 Å². The molecule has 0 bridgehead atoms. The summed E-state index contributed by atoms with van der Waals surface area (Å²) in [4.78, 5) is 40.6. The van der Waals surface area contributed by atoms with Gasteiger partial charge in [0.15, 0.2) is 5.92 Å². The van der Waals surface area contributed by atoms with Crippen molar-refractivity contribution in [2.45, 2.75) is 25.1 Å². The Balaban J connectivity index is 1.58. The highest BCUT2D eigenvalue weighted by atomic mass is 19.4. The van der Waals surface area contributed by atoms with Crippen molar-refractivity contribution in [2.75, 3.05) is 11.4 Å². The molecule has 2 aliphatic rings. The van der Waals surface area contributed by atoms with E-state index >= 15 is 0 Å². The Bertz CT molecular complexity index is 1350. The zero-order valence-corrected chi connectivity index (χ0v) is 17.9. The van der Waals surface area contributed by atoms with Crippen LogP contribution in [0.1, 0.15) is 29.2 Å². The number of alkyl halides is 3. The maximum atomic E-state index is 13.5. The molecule has 176 valence electrons. The van der Waals surface area contributed by atoms with E-state index in [1.165, 1.54) is 17.0 Å². The molecule has 0 radical (unpaired) electrons. The molecule has 3 aromatic rings. The Morgan fingerprint density at radius 2 is 1.94 bits per heavy atom. The Morgan fingerprint density at radius 1 is 1.18 bits per heavy atom. The molecule has 1 aromatic heterocycles. The second kappa shape index (κ2) is 7.57. The van der Waals surface area contributed by atoms with Gasteiger partial charge < -0.3 is 5.11 Å². The zero-order valence-electron chi connectivity index (χ0n) is 17.9. The minimum atomic E-state index is -4.58. The van der Waals surface area contributed by atoms with E-state index in [1.54, 1.807) is 36.1 Å². The van der Waals surface area contributed by atoms with Gasteiger partial charge in [0.05, 0.1) is 23.3 Å². The summed E-state index contributed by atoms with van der Waals surface area (Å²) in [6, 6.07) is 6.93. The van der Waals surface area contributed by atoms with Gasteiger partial charge in [-0.25, -0.2) is 4.79 Å². The van der Waals surface area contributed by atoms with Crippen LogP contribution >= 0.6 is 0 Å². The van der Waals surface area contributed by atoms with E-state index in [2.05, 4.69) is 5.10 Å². The SMILES string of the molecule is Cn1ncc2cc(N3CC(C(=O)O)C(=O)N([C@@H]4CCc5c4cccc5C(F)(F)F)C3=O)ccc21. The summed E-state index contributed by atoms with van der Waals surface area (Å²) >= 11 is 0. The molecular weight excluding hydrogens is 453 g/mol. The third-order valence-corrected chi connectivity index (χ3v) is 6.53. The van der Waals surface area contributed by atoms with Crippen molar-refractivity contribution < 1.29 is 32.7 Å². The molecular formula is C23H19F3N4O4. The number of carbonyl (C=O) groups excluding carboxylic acids is 2. The van der Waals surface area contributed by atoms with Gasteiger partial charge in [0.2, 0.25) is 5.91 Å². The van der Waals surface area contributed by atoms with Gasteiger partial charge in [0, 0.05) is 24.7 Å². The predicted octanol–water partition coefficient (Wildman–Crippen LogP) is 3.75. The zero-order chi connectivity index (χ0) is 24.4. The molecule has 1 aliphatic heterocycles. The molecule has 5 rings (SSSR count). The number of benzene rings is 2. The largest absolute Gasteiger partial charge is 0.481 e. The van der Waals surface area contributed by atoms with E-state index in [0.717, 1.165) is 16.5 Å². The van der Waals surface area contributed by atoms with Gasteiger partial charge in [-0.2, -0.15) is 18.3 Å². The lowest BCUT2D eigenvalue weighted by Gasteiger charge is -2.40. The van der Waals surface area contributed by atoms with Crippen LogP contribution in [0.15, 0.2) is 42.6 Å². The lowest BCUT2D eigenvalue weighted by atomic mass is 9.98. The molecule has 34 heavy (non-hydrogen) atoms. The van der Waals surface area contributed by atoms with Gasteiger partial charge in [-0.05, 0) is 48.2 Å². The van der Waals surface area contributed by atoms with Crippen molar-refractivity contribution in [3.63, 3.8) is 0 Å². The van der Waals surface area contributed by atoms with E-state index in [0.29, 0.717) is 11.1 Å². The van der Waals surface area contributed by atoms with Crippen molar-refractivity contribution >= 4 is 34.5 Å². The number of rotatable bonds is 3. The van der Waals surface area contributed by atoms with E-state index < -0.39 is 41.6 Å². The third-order valence-electron chi connectivity index (χ3n) is 6.53. The van der Waals surface area contributed by atoms with Gasteiger partial charge in [-0.1, -0.05) is 12.1 Å². The second-order valence-corrected chi connectivity index (χ2v) is 8.43. The number of aryl methyl sites for hydroxylation is 1. The molecule has 0 spiro atoms. The van der Waals surface area contributed by atoms with Crippen molar-refractivity contribution in [1.82, 2.24) is 14.7 Å². The molecule has 3 amide bonds.